The van der Waals surface area contributed by atoms with E-state index in [1.807, 2.05) is 6.92 Å². The summed E-state index contributed by atoms with van der Waals surface area (Å²) >= 11 is 0. The molecule has 104 valence electrons. The van der Waals surface area contributed by atoms with Gasteiger partial charge in [-0.3, -0.25) is 4.79 Å². The molecule has 1 saturated heterocycles. The van der Waals surface area contributed by atoms with Gasteiger partial charge in [0.05, 0.1) is 5.41 Å². The molecule has 0 radical (unpaired) electrons. The fourth-order valence-corrected chi connectivity index (χ4v) is 2.18. The van der Waals surface area contributed by atoms with Crippen LogP contribution in [-0.2, 0) is 9.53 Å². The lowest BCUT2D eigenvalue weighted by Crippen LogP contribution is -2.42. The highest BCUT2D eigenvalue weighted by molar-refractivity contribution is 5.79. The van der Waals surface area contributed by atoms with Crippen molar-refractivity contribution in [3.05, 3.63) is 0 Å². The molecular formula is C12H22N2O4. The van der Waals surface area contributed by atoms with Crippen molar-refractivity contribution in [1.82, 2.24) is 10.2 Å². The summed E-state index contributed by atoms with van der Waals surface area (Å²) in [4.78, 5) is 24.7. The lowest BCUT2D eigenvalue weighted by molar-refractivity contribution is -0.148. The van der Waals surface area contributed by atoms with Crippen LogP contribution in [0.1, 0.15) is 26.2 Å². The first-order valence-corrected chi connectivity index (χ1v) is 6.31. The van der Waals surface area contributed by atoms with Gasteiger partial charge in [0.15, 0.2) is 0 Å². The highest BCUT2D eigenvalue weighted by Crippen LogP contribution is 2.34. The second kappa shape index (κ2) is 6.58. The van der Waals surface area contributed by atoms with Crippen molar-refractivity contribution >= 4 is 12.0 Å². The van der Waals surface area contributed by atoms with Gasteiger partial charge in [0, 0.05) is 33.4 Å². The monoisotopic (exact) mass is 258 g/mol. The molecule has 0 aromatic carbocycles. The molecule has 2 N–H and O–H groups in total. The largest absolute Gasteiger partial charge is 0.481 e. The number of nitrogens with zero attached hydrogens (tertiary/aromatic N) is 1. The highest BCUT2D eigenvalue weighted by Gasteiger charge is 2.44. The van der Waals surface area contributed by atoms with E-state index >= 15 is 0 Å². The zero-order valence-electron chi connectivity index (χ0n) is 11.1. The van der Waals surface area contributed by atoms with Crippen molar-refractivity contribution < 1.29 is 19.4 Å². The van der Waals surface area contributed by atoms with E-state index in [9.17, 15) is 14.7 Å². The second-order valence-electron chi connectivity index (χ2n) is 4.69. The van der Waals surface area contributed by atoms with Gasteiger partial charge in [-0.25, -0.2) is 4.79 Å². The zero-order chi connectivity index (χ0) is 13.6. The number of hydrogen-bond donors (Lipinski definition) is 2. The molecule has 0 aromatic heterocycles. The van der Waals surface area contributed by atoms with Crippen LogP contribution >= 0.6 is 0 Å². The summed E-state index contributed by atoms with van der Waals surface area (Å²) in [6, 6.07) is -0.178. The smallest absolute Gasteiger partial charge is 0.317 e. The van der Waals surface area contributed by atoms with Crippen LogP contribution in [0.4, 0.5) is 4.79 Å². The van der Waals surface area contributed by atoms with Gasteiger partial charge in [0.1, 0.15) is 0 Å². The highest BCUT2D eigenvalue weighted by atomic mass is 16.5. The van der Waals surface area contributed by atoms with E-state index in [-0.39, 0.29) is 6.03 Å². The zero-order valence-corrected chi connectivity index (χ0v) is 11.1. The van der Waals surface area contributed by atoms with Crippen LogP contribution in [-0.4, -0.2) is 55.4 Å². The molecule has 1 aliphatic rings. The Balaban J connectivity index is 2.41. The van der Waals surface area contributed by atoms with Gasteiger partial charge in [0.2, 0.25) is 0 Å². The van der Waals surface area contributed by atoms with Gasteiger partial charge < -0.3 is 20.1 Å². The van der Waals surface area contributed by atoms with Crippen molar-refractivity contribution in [1.29, 1.82) is 0 Å². The van der Waals surface area contributed by atoms with Gasteiger partial charge in [-0.1, -0.05) is 6.92 Å². The van der Waals surface area contributed by atoms with E-state index in [1.54, 1.807) is 12.0 Å². The summed E-state index contributed by atoms with van der Waals surface area (Å²) in [7, 11) is 1.62. The third-order valence-electron chi connectivity index (χ3n) is 3.57. The summed E-state index contributed by atoms with van der Waals surface area (Å²) < 4.78 is 4.89. The minimum Gasteiger partial charge on any atom is -0.481 e. The molecule has 1 aliphatic heterocycles. The average Bonchev–Trinajstić information content (AvgIpc) is 2.80. The molecule has 6 heteroatoms. The molecule has 0 aromatic rings. The molecular weight excluding hydrogens is 236 g/mol. The van der Waals surface area contributed by atoms with Crippen molar-refractivity contribution in [3.8, 4) is 0 Å². The standard InChI is InChI=1S/C12H22N2O4/c1-3-12(10(15)16)5-7-14(9-12)11(17)13-6-4-8-18-2/h3-9H2,1-2H3,(H,13,17)(H,15,16). The number of urea groups is 1. The Morgan fingerprint density at radius 2 is 2.22 bits per heavy atom. The number of rotatable bonds is 6. The number of carbonyl (C=O) groups excluding carboxylic acids is 1. The molecule has 1 atom stereocenters. The van der Waals surface area contributed by atoms with Crippen LogP contribution < -0.4 is 5.32 Å². The lowest BCUT2D eigenvalue weighted by atomic mass is 9.84. The van der Waals surface area contributed by atoms with E-state index in [1.165, 1.54) is 0 Å². The number of hydrogen-bond acceptors (Lipinski definition) is 3. The number of likely N-dealkylation sites (tertiary alicyclic amines) is 1. The van der Waals surface area contributed by atoms with Gasteiger partial charge in [-0.2, -0.15) is 0 Å². The second-order valence-corrected chi connectivity index (χ2v) is 4.69. The Bertz CT molecular complexity index is 308. The molecule has 1 rings (SSSR count). The number of carboxylic acids is 1. The van der Waals surface area contributed by atoms with Crippen LogP contribution in [0.3, 0.4) is 0 Å². The number of amides is 2. The summed E-state index contributed by atoms with van der Waals surface area (Å²) in [5.41, 5.74) is -0.760. The Morgan fingerprint density at radius 1 is 1.50 bits per heavy atom. The SMILES string of the molecule is CCC1(C(=O)O)CCN(C(=O)NCCCOC)C1. The van der Waals surface area contributed by atoms with Crippen molar-refractivity contribution in [3.63, 3.8) is 0 Å². The van der Waals surface area contributed by atoms with Crippen LogP contribution in [0.25, 0.3) is 0 Å². The molecule has 0 spiro atoms. The molecule has 0 bridgehead atoms. The van der Waals surface area contributed by atoms with Gasteiger partial charge >= 0.3 is 12.0 Å². The minimum absolute atomic E-state index is 0.178. The summed E-state index contributed by atoms with van der Waals surface area (Å²) in [5, 5.41) is 12.0. The fraction of sp³-hybridized carbons (Fsp3) is 0.833. The lowest BCUT2D eigenvalue weighted by Gasteiger charge is -2.23. The van der Waals surface area contributed by atoms with E-state index in [2.05, 4.69) is 5.32 Å². The quantitative estimate of drug-likeness (QED) is 0.694. The van der Waals surface area contributed by atoms with E-state index in [0.29, 0.717) is 39.1 Å². The maximum atomic E-state index is 11.8. The van der Waals surface area contributed by atoms with E-state index in [4.69, 9.17) is 4.74 Å². The Hall–Kier alpha value is -1.30. The molecule has 1 unspecified atom stereocenters. The van der Waals surface area contributed by atoms with Crippen molar-refractivity contribution in [2.45, 2.75) is 26.2 Å². The molecule has 2 amide bonds. The van der Waals surface area contributed by atoms with Crippen LogP contribution in [0.2, 0.25) is 0 Å². The van der Waals surface area contributed by atoms with Gasteiger partial charge in [-0.15, -0.1) is 0 Å². The molecule has 1 heterocycles. The molecule has 6 nitrogen and oxygen atoms in total. The topological polar surface area (TPSA) is 78.9 Å². The molecule has 0 saturated carbocycles. The number of methoxy groups -OCH3 is 1. The third kappa shape index (κ3) is 3.35. The number of ether oxygens (including phenoxy) is 1. The number of aliphatic carboxylic acids is 1. The first kappa shape index (κ1) is 14.8. The van der Waals surface area contributed by atoms with Crippen LogP contribution in [0.5, 0.6) is 0 Å². The van der Waals surface area contributed by atoms with E-state index in [0.717, 1.165) is 6.42 Å². The predicted octanol–water partition coefficient (Wildman–Crippen LogP) is 0.919. The van der Waals surface area contributed by atoms with Gasteiger partial charge in [0.25, 0.3) is 0 Å². The summed E-state index contributed by atoms with van der Waals surface area (Å²) in [5.74, 6) is -0.806. The number of nitrogens with one attached hydrogen (secondary N) is 1. The van der Waals surface area contributed by atoms with Crippen molar-refractivity contribution in [2.75, 3.05) is 33.4 Å². The van der Waals surface area contributed by atoms with Crippen LogP contribution in [0.15, 0.2) is 0 Å². The number of carbonyl (C=O) groups is 2. The first-order chi connectivity index (χ1) is 8.55. The number of carboxylic acid groups (broad SMARTS) is 1. The Labute approximate surface area is 107 Å². The Kier molecular flexibility index (Phi) is 5.40. The summed E-state index contributed by atoms with van der Waals surface area (Å²) in [6.45, 7) is 3.82. The average molecular weight is 258 g/mol. The maximum absolute atomic E-state index is 11.8. The molecule has 1 fully saturated rings. The predicted molar refractivity (Wildman–Crippen MR) is 66.4 cm³/mol. The van der Waals surface area contributed by atoms with Crippen LogP contribution in [0, 0.1) is 5.41 Å². The third-order valence-corrected chi connectivity index (χ3v) is 3.57. The van der Waals surface area contributed by atoms with Crippen molar-refractivity contribution in [2.24, 2.45) is 5.41 Å². The van der Waals surface area contributed by atoms with E-state index < -0.39 is 11.4 Å². The molecule has 18 heavy (non-hydrogen) atoms. The Morgan fingerprint density at radius 3 is 2.72 bits per heavy atom. The normalized spacial score (nSPS) is 23.1. The van der Waals surface area contributed by atoms with Gasteiger partial charge in [-0.05, 0) is 19.3 Å². The maximum Gasteiger partial charge on any atom is 0.317 e. The molecule has 0 aliphatic carbocycles. The first-order valence-electron chi connectivity index (χ1n) is 6.31. The fourth-order valence-electron chi connectivity index (χ4n) is 2.18. The summed E-state index contributed by atoms with van der Waals surface area (Å²) in [6.07, 6.45) is 1.84. The minimum atomic E-state index is -0.806.